The van der Waals surface area contributed by atoms with Gasteiger partial charge in [-0.1, -0.05) is 30.3 Å². The number of methoxy groups -OCH3 is 1. The molecule has 0 bridgehead atoms. The van der Waals surface area contributed by atoms with Gasteiger partial charge in [-0.2, -0.15) is 0 Å². The highest BCUT2D eigenvalue weighted by Gasteiger charge is 2.33. The molecule has 1 saturated carbocycles. The molecule has 2 saturated heterocycles. The van der Waals surface area contributed by atoms with Gasteiger partial charge in [-0.25, -0.2) is 0 Å². The van der Waals surface area contributed by atoms with Crippen molar-refractivity contribution < 1.29 is 23.8 Å². The first-order valence-corrected chi connectivity index (χ1v) is 14.7. The van der Waals surface area contributed by atoms with Crippen molar-refractivity contribution in [3.05, 3.63) is 83.2 Å². The molecule has 9 nitrogen and oxygen atoms in total. The molecule has 9 heteroatoms. The number of nitrogens with zero attached hydrogens (tertiary/aromatic N) is 4. The summed E-state index contributed by atoms with van der Waals surface area (Å²) in [6, 6.07) is 18.2. The van der Waals surface area contributed by atoms with E-state index in [1.807, 2.05) is 19.2 Å². The second-order valence-electron chi connectivity index (χ2n) is 11.4. The Balaban J connectivity index is 0.985. The molecule has 0 radical (unpaired) electrons. The quantitative estimate of drug-likeness (QED) is 0.345. The van der Waals surface area contributed by atoms with E-state index < -0.39 is 0 Å². The van der Waals surface area contributed by atoms with Gasteiger partial charge in [0.25, 0.3) is 5.91 Å². The zero-order valence-corrected chi connectivity index (χ0v) is 24.3. The summed E-state index contributed by atoms with van der Waals surface area (Å²) in [5.41, 5.74) is 4.03. The average Bonchev–Trinajstić information content (AvgIpc) is 3.84. The van der Waals surface area contributed by atoms with E-state index in [4.69, 9.17) is 14.2 Å². The Morgan fingerprint density at radius 3 is 2.45 bits per heavy atom. The smallest absolute Gasteiger partial charge is 0.272 e. The van der Waals surface area contributed by atoms with E-state index in [-0.39, 0.29) is 17.7 Å². The summed E-state index contributed by atoms with van der Waals surface area (Å²) >= 11 is 0. The van der Waals surface area contributed by atoms with Crippen LogP contribution in [0.1, 0.15) is 51.9 Å². The number of aromatic nitrogens is 1. The maximum Gasteiger partial charge on any atom is 0.272 e. The van der Waals surface area contributed by atoms with E-state index in [9.17, 15) is 9.59 Å². The first-order chi connectivity index (χ1) is 20.5. The van der Waals surface area contributed by atoms with E-state index in [2.05, 4.69) is 40.2 Å². The maximum absolute atomic E-state index is 13.1. The van der Waals surface area contributed by atoms with Gasteiger partial charge in [0, 0.05) is 58.0 Å². The van der Waals surface area contributed by atoms with E-state index in [0.29, 0.717) is 62.3 Å². The van der Waals surface area contributed by atoms with Crippen LogP contribution in [0.15, 0.2) is 60.8 Å². The third-order valence-electron chi connectivity index (χ3n) is 8.41. The third-order valence-corrected chi connectivity index (χ3v) is 8.41. The van der Waals surface area contributed by atoms with Gasteiger partial charge in [-0.15, -0.1) is 0 Å². The summed E-state index contributed by atoms with van der Waals surface area (Å²) < 4.78 is 17.6. The van der Waals surface area contributed by atoms with Crippen molar-refractivity contribution >= 4 is 11.8 Å². The van der Waals surface area contributed by atoms with Crippen LogP contribution in [0, 0.1) is 0 Å². The van der Waals surface area contributed by atoms with Gasteiger partial charge in [-0.3, -0.25) is 19.5 Å². The molecule has 3 heterocycles. The highest BCUT2D eigenvalue weighted by molar-refractivity contribution is 5.93. The van der Waals surface area contributed by atoms with Crippen molar-refractivity contribution in [3.8, 4) is 17.2 Å². The molecule has 0 atom stereocenters. The molecule has 0 N–H and O–H groups in total. The number of ether oxygens (including phenoxy) is 3. The van der Waals surface area contributed by atoms with Gasteiger partial charge < -0.3 is 24.0 Å². The van der Waals surface area contributed by atoms with Gasteiger partial charge in [0.2, 0.25) is 5.91 Å². The van der Waals surface area contributed by atoms with Gasteiger partial charge in [0.05, 0.1) is 13.7 Å². The summed E-state index contributed by atoms with van der Waals surface area (Å²) in [5.74, 6) is 2.99. The number of likely N-dealkylation sites (tertiary alicyclic amines) is 1. The molecular formula is C33H38N4O5. The number of hydrogen-bond acceptors (Lipinski definition) is 7. The number of amides is 2. The summed E-state index contributed by atoms with van der Waals surface area (Å²) in [4.78, 5) is 34.9. The lowest BCUT2D eigenvalue weighted by Gasteiger charge is -2.39. The van der Waals surface area contributed by atoms with Crippen LogP contribution in [0.25, 0.3) is 0 Å². The summed E-state index contributed by atoms with van der Waals surface area (Å²) in [6.45, 7) is 4.76. The van der Waals surface area contributed by atoms with Gasteiger partial charge >= 0.3 is 0 Å². The minimum Gasteiger partial charge on any atom is -0.493 e. The number of carbonyl (C=O) groups excluding carboxylic acids is 2. The van der Waals surface area contributed by atoms with E-state index in [0.717, 1.165) is 30.1 Å². The van der Waals surface area contributed by atoms with E-state index in [1.54, 1.807) is 35.2 Å². The summed E-state index contributed by atoms with van der Waals surface area (Å²) in [6.07, 6.45) is 4.20. The van der Waals surface area contributed by atoms with Gasteiger partial charge in [-0.05, 0) is 53.6 Å². The molecule has 2 aliphatic heterocycles. The predicted molar refractivity (Wildman–Crippen MR) is 158 cm³/mol. The van der Waals surface area contributed by atoms with Crippen molar-refractivity contribution in [1.29, 1.82) is 0 Å². The van der Waals surface area contributed by atoms with Crippen molar-refractivity contribution in [3.63, 3.8) is 0 Å². The number of hydrogen-bond donors (Lipinski definition) is 0. The molecule has 42 heavy (non-hydrogen) atoms. The van der Waals surface area contributed by atoms with Crippen LogP contribution in [-0.2, 0) is 11.4 Å². The fourth-order valence-electron chi connectivity index (χ4n) is 5.45. The van der Waals surface area contributed by atoms with E-state index in [1.165, 1.54) is 18.4 Å². The Hall–Kier alpha value is -4.11. The molecule has 220 valence electrons. The SMILES string of the molecule is COc1cc(C2CN(C(=O)c3cc(OCCN4CCN(C)C(=O)C4)ccn3)C2)ccc1OCc1ccc(C2CC2)cc1. The highest BCUT2D eigenvalue weighted by Crippen LogP contribution is 2.40. The Labute approximate surface area is 247 Å². The van der Waals surface area contributed by atoms with Crippen molar-refractivity contribution in [2.75, 3.05) is 60.0 Å². The van der Waals surface area contributed by atoms with Crippen molar-refractivity contribution in [1.82, 2.24) is 19.7 Å². The standard InChI is InChI=1S/C33H38N4O5/c1-35-13-14-36(21-32(35)38)15-16-41-28-11-12-34-29(18-28)33(39)37-19-27(20-37)26-9-10-30(31(17-26)40-2)42-22-23-3-5-24(6-4-23)25-7-8-25/h3-6,9-12,17-18,25,27H,7-8,13-16,19-22H2,1-2H3. The number of piperazine rings is 1. The van der Waals surface area contributed by atoms with Crippen molar-refractivity contribution in [2.45, 2.75) is 31.3 Å². The summed E-state index contributed by atoms with van der Waals surface area (Å²) in [7, 11) is 3.48. The Morgan fingerprint density at radius 2 is 1.71 bits per heavy atom. The molecule has 3 fully saturated rings. The molecule has 0 unspecified atom stereocenters. The van der Waals surface area contributed by atoms with Gasteiger partial charge in [0.15, 0.2) is 11.5 Å². The van der Waals surface area contributed by atoms with Crippen LogP contribution in [0.5, 0.6) is 17.2 Å². The number of rotatable bonds is 11. The Kier molecular flexibility index (Phi) is 8.28. The minimum absolute atomic E-state index is 0.110. The van der Waals surface area contributed by atoms with Crippen LogP contribution in [0.4, 0.5) is 0 Å². The molecule has 0 spiro atoms. The highest BCUT2D eigenvalue weighted by atomic mass is 16.5. The second kappa shape index (κ2) is 12.4. The van der Waals surface area contributed by atoms with Crippen LogP contribution in [0.3, 0.4) is 0 Å². The molecule has 1 aliphatic carbocycles. The number of likely N-dealkylation sites (N-methyl/N-ethyl adjacent to an activating group) is 1. The zero-order valence-electron chi connectivity index (χ0n) is 24.3. The maximum atomic E-state index is 13.1. The molecule has 3 aromatic rings. The molecule has 2 amide bonds. The van der Waals surface area contributed by atoms with Gasteiger partial charge in [0.1, 0.15) is 24.7 Å². The largest absolute Gasteiger partial charge is 0.493 e. The normalized spacial score (nSPS) is 17.6. The molecule has 1 aromatic heterocycles. The first kappa shape index (κ1) is 28.0. The summed E-state index contributed by atoms with van der Waals surface area (Å²) in [5, 5.41) is 0. The third kappa shape index (κ3) is 6.51. The van der Waals surface area contributed by atoms with Crippen LogP contribution >= 0.6 is 0 Å². The molecule has 2 aromatic carbocycles. The van der Waals surface area contributed by atoms with Crippen LogP contribution in [0.2, 0.25) is 0 Å². The van der Waals surface area contributed by atoms with Crippen molar-refractivity contribution in [2.24, 2.45) is 0 Å². The minimum atomic E-state index is -0.110. The zero-order chi connectivity index (χ0) is 29.1. The topological polar surface area (TPSA) is 84.4 Å². The molecular weight excluding hydrogens is 532 g/mol. The van der Waals surface area contributed by atoms with Crippen LogP contribution in [-0.4, -0.2) is 91.5 Å². The predicted octanol–water partition coefficient (Wildman–Crippen LogP) is 3.94. The van der Waals surface area contributed by atoms with Crippen LogP contribution < -0.4 is 14.2 Å². The average molecular weight is 571 g/mol. The number of benzene rings is 2. The van der Waals surface area contributed by atoms with E-state index >= 15 is 0 Å². The molecule has 6 rings (SSSR count). The lowest BCUT2D eigenvalue weighted by Crippen LogP contribution is -2.49. The fourth-order valence-corrected chi connectivity index (χ4v) is 5.45. The second-order valence-corrected chi connectivity index (χ2v) is 11.4. The number of carbonyl (C=O) groups is 2. The number of pyridine rings is 1. The lowest BCUT2D eigenvalue weighted by molar-refractivity contribution is -0.134. The Morgan fingerprint density at radius 1 is 0.929 bits per heavy atom. The monoisotopic (exact) mass is 570 g/mol. The molecule has 3 aliphatic rings. The fraction of sp³-hybridized carbons (Fsp3) is 0.424. The Bertz CT molecular complexity index is 1420. The first-order valence-electron chi connectivity index (χ1n) is 14.7. The lowest BCUT2D eigenvalue weighted by atomic mass is 9.91.